The van der Waals surface area contributed by atoms with Gasteiger partial charge < -0.3 is 5.32 Å². The molecular formula is C14H12Cl2FN. The van der Waals surface area contributed by atoms with Gasteiger partial charge in [-0.05, 0) is 42.3 Å². The van der Waals surface area contributed by atoms with Crippen LogP contribution in [0.2, 0.25) is 10.0 Å². The number of aryl methyl sites for hydroxylation is 1. The highest BCUT2D eigenvalue weighted by Crippen LogP contribution is 2.23. The molecule has 94 valence electrons. The van der Waals surface area contributed by atoms with Crippen molar-refractivity contribution in [3.05, 3.63) is 63.4 Å². The Kier molecular flexibility index (Phi) is 4.10. The number of nitrogens with one attached hydrogen (secondary N) is 1. The molecule has 0 fully saturated rings. The summed E-state index contributed by atoms with van der Waals surface area (Å²) in [5, 5.41) is 4.37. The molecule has 2 rings (SSSR count). The van der Waals surface area contributed by atoms with E-state index in [4.69, 9.17) is 23.2 Å². The summed E-state index contributed by atoms with van der Waals surface area (Å²) in [5.74, 6) is -0.190. The molecule has 2 aromatic carbocycles. The van der Waals surface area contributed by atoms with Crippen molar-refractivity contribution >= 4 is 28.9 Å². The summed E-state index contributed by atoms with van der Waals surface area (Å²) in [6, 6.07) is 10.3. The van der Waals surface area contributed by atoms with Crippen LogP contribution in [0.4, 0.5) is 10.1 Å². The number of hydrogen-bond acceptors (Lipinski definition) is 1. The Bertz CT molecular complexity index is 549. The number of benzene rings is 2. The number of halogens is 3. The van der Waals surface area contributed by atoms with Crippen molar-refractivity contribution < 1.29 is 4.39 Å². The standard InChI is InChI=1S/C14H12Cl2FN/c1-9-4-10(2-3-14(9)17)8-18-13-6-11(15)5-12(16)7-13/h2-7,18H,8H2,1H3. The van der Waals surface area contributed by atoms with E-state index < -0.39 is 0 Å². The smallest absolute Gasteiger partial charge is 0.126 e. The fraction of sp³-hybridized carbons (Fsp3) is 0.143. The largest absolute Gasteiger partial charge is 0.381 e. The predicted molar refractivity (Wildman–Crippen MR) is 74.9 cm³/mol. The molecule has 1 N–H and O–H groups in total. The van der Waals surface area contributed by atoms with Crippen molar-refractivity contribution in [2.75, 3.05) is 5.32 Å². The van der Waals surface area contributed by atoms with Gasteiger partial charge in [-0.25, -0.2) is 4.39 Å². The monoisotopic (exact) mass is 283 g/mol. The van der Waals surface area contributed by atoms with Crippen molar-refractivity contribution in [1.29, 1.82) is 0 Å². The molecule has 0 spiro atoms. The molecule has 0 saturated heterocycles. The molecular weight excluding hydrogens is 272 g/mol. The van der Waals surface area contributed by atoms with E-state index >= 15 is 0 Å². The molecule has 0 unspecified atom stereocenters. The Hall–Kier alpha value is -1.25. The van der Waals surface area contributed by atoms with Gasteiger partial charge in [-0.2, -0.15) is 0 Å². The highest BCUT2D eigenvalue weighted by atomic mass is 35.5. The van der Waals surface area contributed by atoms with E-state index in [-0.39, 0.29) is 5.82 Å². The third-order valence-corrected chi connectivity index (χ3v) is 3.02. The maximum absolute atomic E-state index is 13.1. The lowest BCUT2D eigenvalue weighted by atomic mass is 10.1. The molecule has 0 aliphatic rings. The summed E-state index contributed by atoms with van der Waals surface area (Å²) < 4.78 is 13.1. The van der Waals surface area contributed by atoms with Gasteiger partial charge in [-0.1, -0.05) is 35.3 Å². The number of anilines is 1. The van der Waals surface area contributed by atoms with Gasteiger partial charge in [0.2, 0.25) is 0 Å². The zero-order chi connectivity index (χ0) is 13.1. The molecule has 0 amide bonds. The zero-order valence-electron chi connectivity index (χ0n) is 9.81. The van der Waals surface area contributed by atoms with Gasteiger partial charge in [0.15, 0.2) is 0 Å². The number of rotatable bonds is 3. The summed E-state index contributed by atoms with van der Waals surface area (Å²) >= 11 is 11.8. The highest BCUT2D eigenvalue weighted by Gasteiger charge is 2.01. The molecule has 0 aliphatic carbocycles. The Morgan fingerprint density at radius 3 is 2.33 bits per heavy atom. The fourth-order valence-electron chi connectivity index (χ4n) is 1.68. The normalized spacial score (nSPS) is 10.4. The topological polar surface area (TPSA) is 12.0 Å². The lowest BCUT2D eigenvalue weighted by Crippen LogP contribution is -2.00. The van der Waals surface area contributed by atoms with Crippen molar-refractivity contribution in [3.8, 4) is 0 Å². The summed E-state index contributed by atoms with van der Waals surface area (Å²) in [6.45, 7) is 2.34. The third-order valence-electron chi connectivity index (χ3n) is 2.58. The Morgan fingerprint density at radius 2 is 1.72 bits per heavy atom. The van der Waals surface area contributed by atoms with E-state index in [2.05, 4.69) is 5.32 Å². The van der Waals surface area contributed by atoms with Gasteiger partial charge in [0.05, 0.1) is 0 Å². The first-order valence-corrected chi connectivity index (χ1v) is 6.25. The molecule has 0 atom stereocenters. The van der Waals surface area contributed by atoms with Gasteiger partial charge in [0.25, 0.3) is 0 Å². The summed E-state index contributed by atoms with van der Waals surface area (Å²) in [4.78, 5) is 0. The Labute approximate surface area is 116 Å². The minimum Gasteiger partial charge on any atom is -0.381 e. The summed E-state index contributed by atoms with van der Waals surface area (Å²) in [5.41, 5.74) is 2.48. The number of hydrogen-bond donors (Lipinski definition) is 1. The van der Waals surface area contributed by atoms with Crippen molar-refractivity contribution in [2.24, 2.45) is 0 Å². The lowest BCUT2D eigenvalue weighted by molar-refractivity contribution is 0.617. The molecule has 0 aromatic heterocycles. The molecule has 18 heavy (non-hydrogen) atoms. The van der Waals surface area contributed by atoms with E-state index in [1.165, 1.54) is 6.07 Å². The van der Waals surface area contributed by atoms with Gasteiger partial charge in [0, 0.05) is 22.3 Å². The van der Waals surface area contributed by atoms with E-state index in [9.17, 15) is 4.39 Å². The van der Waals surface area contributed by atoms with Crippen molar-refractivity contribution in [1.82, 2.24) is 0 Å². The zero-order valence-corrected chi connectivity index (χ0v) is 11.3. The lowest BCUT2D eigenvalue weighted by Gasteiger charge is -2.08. The van der Waals surface area contributed by atoms with E-state index in [1.54, 1.807) is 31.2 Å². The summed E-state index contributed by atoms with van der Waals surface area (Å²) in [7, 11) is 0. The second-order valence-electron chi connectivity index (χ2n) is 4.10. The molecule has 1 nitrogen and oxygen atoms in total. The minimum absolute atomic E-state index is 0.190. The SMILES string of the molecule is Cc1cc(CNc2cc(Cl)cc(Cl)c2)ccc1F. The molecule has 0 radical (unpaired) electrons. The van der Waals surface area contributed by atoms with Crippen LogP contribution in [0.25, 0.3) is 0 Å². The van der Waals surface area contributed by atoms with Gasteiger partial charge >= 0.3 is 0 Å². The molecule has 0 bridgehead atoms. The first-order chi connectivity index (χ1) is 8.54. The minimum atomic E-state index is -0.190. The Morgan fingerprint density at radius 1 is 1.06 bits per heavy atom. The van der Waals surface area contributed by atoms with E-state index in [1.807, 2.05) is 6.07 Å². The average Bonchev–Trinajstić information content (AvgIpc) is 2.29. The van der Waals surface area contributed by atoms with Gasteiger partial charge in [-0.15, -0.1) is 0 Å². The third kappa shape index (κ3) is 3.37. The van der Waals surface area contributed by atoms with E-state index in [0.29, 0.717) is 22.2 Å². The van der Waals surface area contributed by atoms with Crippen LogP contribution in [0, 0.1) is 12.7 Å². The van der Waals surface area contributed by atoms with Crippen LogP contribution in [0.1, 0.15) is 11.1 Å². The van der Waals surface area contributed by atoms with Crippen LogP contribution < -0.4 is 5.32 Å². The summed E-state index contributed by atoms with van der Waals surface area (Å²) in [6.07, 6.45) is 0. The first kappa shape index (κ1) is 13.2. The van der Waals surface area contributed by atoms with Crippen LogP contribution in [-0.4, -0.2) is 0 Å². The second-order valence-corrected chi connectivity index (χ2v) is 4.97. The van der Waals surface area contributed by atoms with E-state index in [0.717, 1.165) is 11.3 Å². The van der Waals surface area contributed by atoms with Crippen LogP contribution in [0.15, 0.2) is 36.4 Å². The first-order valence-electron chi connectivity index (χ1n) is 5.49. The van der Waals surface area contributed by atoms with Gasteiger partial charge in [0.1, 0.15) is 5.82 Å². The molecule has 4 heteroatoms. The highest BCUT2D eigenvalue weighted by molar-refractivity contribution is 6.35. The maximum Gasteiger partial charge on any atom is 0.126 e. The average molecular weight is 284 g/mol. The molecule has 0 heterocycles. The molecule has 0 saturated carbocycles. The van der Waals surface area contributed by atoms with Crippen LogP contribution in [0.5, 0.6) is 0 Å². The van der Waals surface area contributed by atoms with Crippen LogP contribution in [-0.2, 0) is 6.54 Å². The quantitative estimate of drug-likeness (QED) is 0.831. The van der Waals surface area contributed by atoms with Crippen LogP contribution in [0.3, 0.4) is 0 Å². The van der Waals surface area contributed by atoms with Crippen molar-refractivity contribution in [3.63, 3.8) is 0 Å². The molecule has 2 aromatic rings. The maximum atomic E-state index is 13.1. The predicted octanol–water partition coefficient (Wildman–Crippen LogP) is 5.05. The molecule has 0 aliphatic heterocycles. The fourth-order valence-corrected chi connectivity index (χ4v) is 2.20. The second kappa shape index (κ2) is 5.59. The Balaban J connectivity index is 2.08. The van der Waals surface area contributed by atoms with Crippen molar-refractivity contribution in [2.45, 2.75) is 13.5 Å². The van der Waals surface area contributed by atoms with Gasteiger partial charge in [-0.3, -0.25) is 0 Å². The van der Waals surface area contributed by atoms with Crippen LogP contribution >= 0.6 is 23.2 Å².